The number of nitriles is 1. The molecule has 2 nitrogen and oxygen atoms in total. The molecule has 0 fully saturated rings. The Balaban J connectivity index is 2.34. The van der Waals surface area contributed by atoms with Crippen LogP contribution in [0.25, 0.3) is 0 Å². The summed E-state index contributed by atoms with van der Waals surface area (Å²) in [4.78, 5) is 0. The van der Waals surface area contributed by atoms with Crippen molar-refractivity contribution < 1.29 is 9.13 Å². The molecule has 21 heavy (non-hydrogen) atoms. The van der Waals surface area contributed by atoms with E-state index in [9.17, 15) is 4.39 Å². The smallest absolute Gasteiger partial charge is 0.138 e. The van der Waals surface area contributed by atoms with Crippen molar-refractivity contribution in [1.82, 2.24) is 0 Å². The molecule has 2 aromatic rings. The summed E-state index contributed by atoms with van der Waals surface area (Å²) in [7, 11) is 0. The van der Waals surface area contributed by atoms with Gasteiger partial charge in [0.2, 0.25) is 0 Å². The van der Waals surface area contributed by atoms with Crippen molar-refractivity contribution in [3.63, 3.8) is 0 Å². The van der Waals surface area contributed by atoms with Gasteiger partial charge in [-0.3, -0.25) is 0 Å². The number of hydrogen-bond acceptors (Lipinski definition) is 2. The second-order valence-corrected chi connectivity index (χ2v) is 5.78. The van der Waals surface area contributed by atoms with E-state index in [4.69, 9.17) is 10.00 Å². The molecule has 108 valence electrons. The van der Waals surface area contributed by atoms with Gasteiger partial charge in [0.15, 0.2) is 0 Å². The van der Waals surface area contributed by atoms with Crippen LogP contribution in [0.4, 0.5) is 4.39 Å². The third kappa shape index (κ3) is 3.94. The molecule has 0 aliphatic carbocycles. The predicted molar refractivity (Wildman–Crippen MR) is 89.2 cm³/mol. The highest BCUT2D eigenvalue weighted by Gasteiger charge is 2.16. The van der Waals surface area contributed by atoms with E-state index in [-0.39, 0.29) is 17.5 Å². The predicted octanol–water partition coefficient (Wildman–Crippen LogP) is 4.95. The molecule has 0 amide bonds. The lowest BCUT2D eigenvalue weighted by Gasteiger charge is -2.20. The van der Waals surface area contributed by atoms with E-state index in [0.717, 1.165) is 16.4 Å². The van der Waals surface area contributed by atoms with Crippen LogP contribution in [0.3, 0.4) is 0 Å². The average Bonchev–Trinajstić information content (AvgIpc) is 2.51. The Hall–Kier alpha value is -1.61. The minimum Gasteiger partial charge on any atom is -0.484 e. The zero-order chi connectivity index (χ0) is 15.2. The zero-order valence-corrected chi connectivity index (χ0v) is 13.8. The van der Waals surface area contributed by atoms with Crippen molar-refractivity contribution in [2.75, 3.05) is 4.43 Å². The molecule has 4 heteroatoms. The van der Waals surface area contributed by atoms with Gasteiger partial charge in [-0.2, -0.15) is 5.26 Å². The number of benzene rings is 2. The second kappa shape index (κ2) is 7.41. The fourth-order valence-corrected chi connectivity index (χ4v) is 2.62. The molecule has 0 spiro atoms. The van der Waals surface area contributed by atoms with Gasteiger partial charge in [0, 0.05) is 4.43 Å². The maximum Gasteiger partial charge on any atom is 0.138 e. The van der Waals surface area contributed by atoms with Crippen molar-refractivity contribution in [3.8, 4) is 11.8 Å². The van der Waals surface area contributed by atoms with E-state index >= 15 is 0 Å². The molecule has 0 unspecified atom stereocenters. The highest BCUT2D eigenvalue weighted by molar-refractivity contribution is 14.1. The van der Waals surface area contributed by atoms with Crippen LogP contribution in [-0.2, 0) is 0 Å². The third-order valence-corrected chi connectivity index (χ3v) is 3.82. The number of aryl methyl sites for hydroxylation is 1. The Kier molecular flexibility index (Phi) is 5.57. The number of hydrogen-bond donors (Lipinski definition) is 0. The van der Waals surface area contributed by atoms with Gasteiger partial charge in [-0.1, -0.05) is 52.9 Å². The summed E-state index contributed by atoms with van der Waals surface area (Å²) in [5.41, 5.74) is 1.76. The molecule has 0 aliphatic heterocycles. The lowest BCUT2D eigenvalue weighted by Crippen LogP contribution is -2.09. The minimum absolute atomic E-state index is 0.139. The number of halogens is 2. The van der Waals surface area contributed by atoms with Gasteiger partial charge in [-0.25, -0.2) is 4.39 Å². The minimum atomic E-state index is -0.385. The van der Waals surface area contributed by atoms with Crippen LogP contribution in [0, 0.1) is 24.1 Å². The highest BCUT2D eigenvalue weighted by atomic mass is 127. The largest absolute Gasteiger partial charge is 0.484 e. The van der Waals surface area contributed by atoms with Gasteiger partial charge in [-0.15, -0.1) is 0 Å². The number of ether oxygens (including phenoxy) is 1. The Morgan fingerprint density at radius 3 is 2.62 bits per heavy atom. The molecule has 0 saturated heterocycles. The van der Waals surface area contributed by atoms with E-state index in [1.165, 1.54) is 6.07 Å². The van der Waals surface area contributed by atoms with Gasteiger partial charge in [0.05, 0.1) is 5.56 Å². The van der Waals surface area contributed by atoms with Gasteiger partial charge >= 0.3 is 0 Å². The molecule has 0 N–H and O–H groups in total. The first-order valence-electron chi connectivity index (χ1n) is 6.63. The fourth-order valence-electron chi connectivity index (χ4n) is 2.05. The summed E-state index contributed by atoms with van der Waals surface area (Å²) in [6.45, 7) is 1.67. The van der Waals surface area contributed by atoms with Crippen LogP contribution < -0.4 is 4.74 Å². The maximum atomic E-state index is 13.5. The number of nitrogens with zero attached hydrogens (tertiary/aromatic N) is 1. The average molecular weight is 395 g/mol. The van der Waals surface area contributed by atoms with Gasteiger partial charge < -0.3 is 4.74 Å². The summed E-state index contributed by atoms with van der Waals surface area (Å²) in [6.07, 6.45) is 0.686. The van der Waals surface area contributed by atoms with Crippen LogP contribution >= 0.6 is 22.6 Å². The van der Waals surface area contributed by atoms with E-state index < -0.39 is 0 Å². The Morgan fingerprint density at radius 1 is 1.29 bits per heavy atom. The molecule has 0 saturated carbocycles. The third-order valence-electron chi connectivity index (χ3n) is 3.19. The summed E-state index contributed by atoms with van der Waals surface area (Å²) in [6, 6.07) is 14.7. The monoisotopic (exact) mass is 395 g/mol. The van der Waals surface area contributed by atoms with Crippen LogP contribution in [-0.4, -0.2) is 4.43 Å². The van der Waals surface area contributed by atoms with Crippen molar-refractivity contribution in [2.45, 2.75) is 19.4 Å². The van der Waals surface area contributed by atoms with Gasteiger partial charge in [-0.05, 0) is 36.6 Å². The first-order valence-corrected chi connectivity index (χ1v) is 8.16. The Labute approximate surface area is 137 Å². The van der Waals surface area contributed by atoms with Crippen molar-refractivity contribution in [2.24, 2.45) is 0 Å². The topological polar surface area (TPSA) is 33.0 Å². The Bertz CT molecular complexity index is 652. The lowest BCUT2D eigenvalue weighted by molar-refractivity contribution is 0.202. The molecule has 0 heterocycles. The van der Waals surface area contributed by atoms with E-state index in [2.05, 4.69) is 22.6 Å². The number of rotatable bonds is 5. The molecular weight excluding hydrogens is 380 g/mol. The van der Waals surface area contributed by atoms with Crippen molar-refractivity contribution in [1.29, 1.82) is 5.26 Å². The molecular formula is C17H15FINO. The fraction of sp³-hybridized carbons (Fsp3) is 0.235. The SMILES string of the molecule is Cc1cc(O[C@H](CCI)c2ccccc2)c(C#N)cc1F. The maximum absolute atomic E-state index is 13.5. The molecule has 0 bridgehead atoms. The lowest BCUT2D eigenvalue weighted by atomic mass is 10.1. The first-order chi connectivity index (χ1) is 10.2. The van der Waals surface area contributed by atoms with Crippen LogP contribution in [0.5, 0.6) is 5.75 Å². The standard InChI is InChI=1S/C17H15FINO/c1-12-9-17(14(11-20)10-15(12)18)21-16(7-8-19)13-5-3-2-4-6-13/h2-6,9-10,16H,7-8H2,1H3/t16-/m1/s1. The van der Waals surface area contributed by atoms with E-state index in [0.29, 0.717) is 11.3 Å². The second-order valence-electron chi connectivity index (χ2n) is 4.70. The molecule has 0 radical (unpaired) electrons. The molecule has 2 rings (SSSR count). The van der Waals surface area contributed by atoms with E-state index in [1.54, 1.807) is 13.0 Å². The van der Waals surface area contributed by atoms with Gasteiger partial charge in [0.1, 0.15) is 23.7 Å². The molecule has 1 atom stereocenters. The summed E-state index contributed by atoms with van der Waals surface area (Å²) in [5.74, 6) is 0.0548. The summed E-state index contributed by atoms with van der Waals surface area (Å²) < 4.78 is 20.5. The van der Waals surface area contributed by atoms with Crippen molar-refractivity contribution in [3.05, 3.63) is 65.0 Å². The van der Waals surface area contributed by atoms with Crippen LogP contribution in [0.1, 0.15) is 29.2 Å². The van der Waals surface area contributed by atoms with Crippen molar-refractivity contribution >= 4 is 22.6 Å². The summed E-state index contributed by atoms with van der Waals surface area (Å²) >= 11 is 2.30. The van der Waals surface area contributed by atoms with Gasteiger partial charge in [0.25, 0.3) is 0 Å². The first kappa shape index (κ1) is 15.8. The normalized spacial score (nSPS) is 11.7. The quantitative estimate of drug-likeness (QED) is 0.530. The molecule has 2 aromatic carbocycles. The Morgan fingerprint density at radius 2 is 2.00 bits per heavy atom. The van der Waals surface area contributed by atoms with Crippen LogP contribution in [0.15, 0.2) is 42.5 Å². The summed E-state index contributed by atoms with van der Waals surface area (Å²) in [5, 5.41) is 9.15. The highest BCUT2D eigenvalue weighted by Crippen LogP contribution is 2.29. The molecule has 0 aromatic heterocycles. The van der Waals surface area contributed by atoms with E-state index in [1.807, 2.05) is 36.4 Å². The molecule has 0 aliphatic rings. The van der Waals surface area contributed by atoms with Crippen LogP contribution in [0.2, 0.25) is 0 Å². The number of alkyl halides is 1. The zero-order valence-electron chi connectivity index (χ0n) is 11.6.